The van der Waals surface area contributed by atoms with Crippen LogP contribution in [0.5, 0.6) is 0 Å². The Morgan fingerprint density at radius 1 is 0.134 bits per heavy atom. The lowest BCUT2D eigenvalue weighted by atomic mass is 9.95. The van der Waals surface area contributed by atoms with Gasteiger partial charge in [0.15, 0.2) is 0 Å². The van der Waals surface area contributed by atoms with E-state index in [1.54, 1.807) is 11.1 Å². The minimum atomic E-state index is 1.10. The number of benzene rings is 16. The minimum Gasteiger partial charge on any atom is -0.0622 e. The maximum Gasteiger partial charge on any atom is -0.00103 e. The molecule has 554 valence electrons. The molecule has 0 aromatic heterocycles. The summed E-state index contributed by atoms with van der Waals surface area (Å²) in [6, 6.07) is 130. The van der Waals surface area contributed by atoms with E-state index < -0.39 is 0 Å². The fraction of sp³-hybridized carbons (Fsp3) is 0.143. The number of hydrogen-bond acceptors (Lipinski definition) is 0. The molecular formula is C112H106. The topological polar surface area (TPSA) is 0 Å². The second kappa shape index (κ2) is 37.8. The first-order valence-electron chi connectivity index (χ1n) is 39.5. The molecule has 0 heteroatoms. The maximum absolute atomic E-state index is 2.36. The van der Waals surface area contributed by atoms with E-state index in [2.05, 4.69) is 455 Å². The summed E-state index contributed by atoms with van der Waals surface area (Å²) >= 11 is 0. The van der Waals surface area contributed by atoms with E-state index in [9.17, 15) is 0 Å². The van der Waals surface area contributed by atoms with Gasteiger partial charge in [-0.2, -0.15) is 0 Å². The highest BCUT2D eigenvalue weighted by Crippen LogP contribution is 2.47. The zero-order valence-electron chi connectivity index (χ0n) is 68.1. The van der Waals surface area contributed by atoms with Crippen LogP contribution in [-0.2, 0) is 12.8 Å². The van der Waals surface area contributed by atoms with Crippen molar-refractivity contribution in [1.82, 2.24) is 0 Å². The van der Waals surface area contributed by atoms with Crippen LogP contribution in [0.15, 0.2) is 364 Å². The molecule has 0 saturated carbocycles. The van der Waals surface area contributed by atoms with E-state index in [1.807, 2.05) is 6.07 Å². The molecule has 0 amide bonds. The van der Waals surface area contributed by atoms with Crippen molar-refractivity contribution in [2.75, 3.05) is 0 Å². The first kappa shape index (κ1) is 79.1. The molecule has 16 aromatic carbocycles. The highest BCUT2D eigenvalue weighted by molar-refractivity contribution is 5.87. The Labute approximate surface area is 669 Å². The Morgan fingerprint density at radius 3 is 0.759 bits per heavy atom. The van der Waals surface area contributed by atoms with Crippen molar-refractivity contribution >= 4 is 0 Å². The van der Waals surface area contributed by atoms with Crippen LogP contribution in [0.2, 0.25) is 0 Å². The largest absolute Gasteiger partial charge is 0.0622 e. The molecule has 0 aliphatic heterocycles. The Morgan fingerprint density at radius 2 is 0.384 bits per heavy atom. The normalized spacial score (nSPS) is 10.9. The highest BCUT2D eigenvalue weighted by Gasteiger charge is 2.28. The zero-order valence-corrected chi connectivity index (χ0v) is 68.1. The van der Waals surface area contributed by atoms with Gasteiger partial charge in [-0.1, -0.05) is 425 Å². The molecule has 0 N–H and O–H groups in total. The summed E-state index contributed by atoms with van der Waals surface area (Å²) in [5.74, 6) is 0. The summed E-state index contributed by atoms with van der Waals surface area (Å²) in [5, 5.41) is 0. The fourth-order valence-electron chi connectivity index (χ4n) is 14.9. The number of fused-ring (bicyclic) bond motifs is 7. The van der Waals surface area contributed by atoms with Gasteiger partial charge in [0.25, 0.3) is 0 Å². The average Bonchev–Trinajstić information content (AvgIpc) is 1.58. The monoisotopic (exact) mass is 1450 g/mol. The number of aryl methyl sites for hydroxylation is 14. The van der Waals surface area contributed by atoms with Gasteiger partial charge in [0.1, 0.15) is 0 Å². The smallest absolute Gasteiger partial charge is 0.00103 e. The summed E-state index contributed by atoms with van der Waals surface area (Å²) in [7, 11) is 0. The van der Waals surface area contributed by atoms with Crippen molar-refractivity contribution < 1.29 is 0 Å². The Balaban J connectivity index is 0.000000122. The highest BCUT2D eigenvalue weighted by atomic mass is 14.3. The predicted molar refractivity (Wildman–Crippen MR) is 486 cm³/mol. The zero-order chi connectivity index (χ0) is 78.6. The molecule has 112 heavy (non-hydrogen) atoms. The molecule has 18 rings (SSSR count). The van der Waals surface area contributed by atoms with Crippen molar-refractivity contribution in [2.24, 2.45) is 0 Å². The van der Waals surface area contributed by atoms with Crippen LogP contribution in [0.4, 0.5) is 0 Å². The third kappa shape index (κ3) is 21.3. The average molecular weight is 1450 g/mol. The van der Waals surface area contributed by atoms with E-state index in [-0.39, 0.29) is 0 Å². The summed E-state index contributed by atoms with van der Waals surface area (Å²) in [4.78, 5) is 0. The first-order valence-corrected chi connectivity index (χ1v) is 39.5. The van der Waals surface area contributed by atoms with Crippen LogP contribution in [0, 0.1) is 96.9 Å². The Bertz CT molecular complexity index is 5590. The van der Waals surface area contributed by atoms with Crippen LogP contribution < -0.4 is 0 Å². The van der Waals surface area contributed by atoms with Crippen molar-refractivity contribution in [3.63, 3.8) is 0 Å². The van der Waals surface area contributed by atoms with E-state index in [4.69, 9.17) is 0 Å². The van der Waals surface area contributed by atoms with Crippen LogP contribution in [0.25, 0.3) is 100 Å². The molecule has 16 aromatic rings. The minimum absolute atomic E-state index is 1.10. The number of rotatable bonds is 7. The molecule has 0 heterocycles. The summed E-state index contributed by atoms with van der Waals surface area (Å²) in [6.07, 6.45) is 2.20. The van der Waals surface area contributed by atoms with E-state index in [1.165, 1.54) is 189 Å². The summed E-state index contributed by atoms with van der Waals surface area (Å²) < 4.78 is 0. The van der Waals surface area contributed by atoms with E-state index >= 15 is 0 Å². The first-order chi connectivity index (χ1) is 54.2. The fourth-order valence-corrected chi connectivity index (χ4v) is 14.9. The van der Waals surface area contributed by atoms with Gasteiger partial charge in [-0.3, -0.25) is 0 Å². The lowest BCUT2D eigenvalue weighted by molar-refractivity contribution is 1.16. The molecule has 0 atom stereocenters. The third-order valence-electron chi connectivity index (χ3n) is 21.0. The molecule has 0 unspecified atom stereocenters. The van der Waals surface area contributed by atoms with Crippen LogP contribution in [0.3, 0.4) is 0 Å². The van der Waals surface area contributed by atoms with Gasteiger partial charge in [-0.25, -0.2) is 0 Å². The molecular weight excluding hydrogens is 1350 g/mol. The molecule has 2 aliphatic rings. The van der Waals surface area contributed by atoms with Gasteiger partial charge in [0.2, 0.25) is 0 Å². The second-order valence-electron chi connectivity index (χ2n) is 30.7. The second-order valence-corrected chi connectivity index (χ2v) is 30.7. The third-order valence-corrected chi connectivity index (χ3v) is 21.0. The Hall–Kier alpha value is -12.5. The van der Waals surface area contributed by atoms with Crippen molar-refractivity contribution in [3.05, 3.63) is 464 Å². The summed E-state index contributed by atoms with van der Waals surface area (Å²) in [5.41, 5.74) is 48.5. The van der Waals surface area contributed by atoms with Crippen molar-refractivity contribution in [2.45, 2.75) is 110 Å². The Kier molecular flexibility index (Phi) is 26.7. The molecule has 0 fully saturated rings. The quantitative estimate of drug-likeness (QED) is 0.149. The molecule has 0 saturated heterocycles. The van der Waals surface area contributed by atoms with E-state index in [0.29, 0.717) is 0 Å². The van der Waals surface area contributed by atoms with Gasteiger partial charge >= 0.3 is 0 Å². The van der Waals surface area contributed by atoms with E-state index in [0.717, 1.165) is 12.8 Å². The van der Waals surface area contributed by atoms with Gasteiger partial charge in [-0.05, 0) is 249 Å². The van der Waals surface area contributed by atoms with Crippen molar-refractivity contribution in [1.29, 1.82) is 0 Å². The lowest BCUT2D eigenvalue weighted by Gasteiger charge is -2.10. The lowest BCUT2D eigenvalue weighted by Crippen LogP contribution is -1.91. The predicted octanol–water partition coefficient (Wildman–Crippen LogP) is 30.9. The molecule has 0 nitrogen and oxygen atoms in total. The van der Waals surface area contributed by atoms with Gasteiger partial charge in [-0.15, -0.1) is 0 Å². The molecule has 0 bridgehead atoms. The van der Waals surface area contributed by atoms with Crippen LogP contribution >= 0.6 is 0 Å². The van der Waals surface area contributed by atoms with Crippen LogP contribution in [-0.4, -0.2) is 0 Å². The van der Waals surface area contributed by atoms with Gasteiger partial charge < -0.3 is 0 Å². The van der Waals surface area contributed by atoms with Crippen LogP contribution in [0.1, 0.15) is 100 Å². The SMILES string of the molecule is Cc1cc(C)cc(-c2ccccc2)c1.Cc1ccc(-c2ccc(C)c(-c3ccccc3)c2)cc1.Cc1ccc(-c2ccc(C)cc2)cc1.Cc1ccc(-c2cccc(C)c2)cc1.Cc1ccc(C)c(-c2ccccc2)c1.Cc1ccc2c(c1)Cc1c-2ccc2c1Cc1cc(C)ccc1-2.Cc1cccc(-c2cccc(C)c2)c1. The molecule has 0 spiro atoms. The van der Waals surface area contributed by atoms with Gasteiger partial charge in [0.05, 0.1) is 0 Å². The number of hydrogen-bond donors (Lipinski definition) is 0. The maximum atomic E-state index is 2.36. The molecule has 2 aliphatic carbocycles. The van der Waals surface area contributed by atoms with Crippen molar-refractivity contribution in [3.8, 4) is 100 Å². The summed E-state index contributed by atoms with van der Waals surface area (Å²) in [6.45, 7) is 29.9. The molecule has 0 radical (unpaired) electrons. The van der Waals surface area contributed by atoms with Gasteiger partial charge in [0, 0.05) is 0 Å². The standard InChI is InChI=1S/C22H18.C20H18.5C14H14/c1-13-3-5-17-15(9-13)11-21-19(17)7-8-20-18-6-4-14(2)10-16(18)12-22(20)21;1-15-8-11-17(12-9-15)19-13-10-16(2)20(14-19)18-6-4-3-5-7-18;1-11-3-7-13(8-4-11)14-9-5-12(2)6-10-14;1-11-5-3-7-13(9-11)14-8-4-6-12(2)10-14;1-11-6-8-13(9-7-11)14-5-3-4-12(2)10-14;1-11-8-12(2)10-14(9-11)13-6-4-3-5-7-13;1-11-8-9-12(2)14(10-11)13-6-4-3-5-7-13/h3-10H,11-12H2,1-2H3;3-14H,1-2H3;5*3-10H,1-2H3.